The summed E-state index contributed by atoms with van der Waals surface area (Å²) in [7, 11) is 0. The molecule has 2 fully saturated rings. The maximum Gasteiger partial charge on any atom is 0.110 e. The normalized spacial score (nSPS) is 23.0. The minimum atomic E-state index is 0.725. The van der Waals surface area contributed by atoms with E-state index in [-0.39, 0.29) is 0 Å². The number of hydrogen-bond acceptors (Lipinski definition) is 2. The SMILES string of the molecule is c1cc(C2CCNCC2)c2[nH]c3c(c2c1)C1CCN3CC1. The fourth-order valence-corrected chi connectivity index (χ4v) is 4.77. The number of para-hydroxylation sites is 1. The number of fused-ring (bicyclic) bond motifs is 3. The summed E-state index contributed by atoms with van der Waals surface area (Å²) in [5, 5.41) is 5.00. The van der Waals surface area contributed by atoms with Gasteiger partial charge < -0.3 is 15.2 Å². The van der Waals surface area contributed by atoms with Gasteiger partial charge in [-0.1, -0.05) is 18.2 Å². The number of rotatable bonds is 1. The van der Waals surface area contributed by atoms with Crippen LogP contribution >= 0.6 is 0 Å². The molecular weight excluding hydrogens is 258 g/mol. The molecule has 21 heavy (non-hydrogen) atoms. The van der Waals surface area contributed by atoms with Crippen molar-refractivity contribution in [1.82, 2.24) is 10.3 Å². The van der Waals surface area contributed by atoms with Crippen LogP contribution in [0.25, 0.3) is 10.9 Å². The van der Waals surface area contributed by atoms with Gasteiger partial charge in [-0.3, -0.25) is 0 Å². The predicted octanol–water partition coefficient (Wildman–Crippen LogP) is 3.33. The Kier molecular flexibility index (Phi) is 2.60. The summed E-state index contributed by atoms with van der Waals surface area (Å²) in [6.45, 7) is 4.81. The van der Waals surface area contributed by atoms with E-state index in [1.807, 2.05) is 0 Å². The van der Waals surface area contributed by atoms with Gasteiger partial charge in [0.15, 0.2) is 0 Å². The van der Waals surface area contributed by atoms with Crippen molar-refractivity contribution in [1.29, 1.82) is 0 Å². The van der Waals surface area contributed by atoms with E-state index in [2.05, 4.69) is 33.4 Å². The van der Waals surface area contributed by atoms with E-state index in [1.54, 1.807) is 11.1 Å². The largest absolute Gasteiger partial charge is 0.358 e. The van der Waals surface area contributed by atoms with Crippen molar-refractivity contribution in [3.63, 3.8) is 0 Å². The van der Waals surface area contributed by atoms with Crippen LogP contribution < -0.4 is 10.2 Å². The standard InChI is InChI=1S/C18H23N3/c1-2-14(12-4-8-19-9-5-12)17-15(3-1)16-13-6-10-21(11-7-13)18(16)20-17/h1-3,12-13,19-20H,4-11H2. The quantitative estimate of drug-likeness (QED) is 0.840. The third-order valence-electron chi connectivity index (χ3n) is 5.88. The maximum absolute atomic E-state index is 3.82. The molecule has 1 aromatic heterocycles. The zero-order valence-corrected chi connectivity index (χ0v) is 12.5. The van der Waals surface area contributed by atoms with Gasteiger partial charge in [0.05, 0.1) is 5.52 Å². The van der Waals surface area contributed by atoms with Crippen LogP contribution in [0.1, 0.15) is 48.6 Å². The molecule has 0 spiro atoms. The Labute approximate surface area is 125 Å². The number of H-pyrrole nitrogens is 1. The number of piperidine rings is 2. The fraction of sp³-hybridized carbons (Fsp3) is 0.556. The van der Waals surface area contributed by atoms with Crippen LogP contribution in [-0.4, -0.2) is 31.2 Å². The number of aromatic amines is 1. The highest BCUT2D eigenvalue weighted by Gasteiger charge is 2.34. The lowest BCUT2D eigenvalue weighted by Crippen LogP contribution is -2.38. The second-order valence-electron chi connectivity index (χ2n) is 6.94. The molecule has 0 aliphatic carbocycles. The Morgan fingerprint density at radius 1 is 0.952 bits per heavy atom. The van der Waals surface area contributed by atoms with Crippen LogP contribution in [0.4, 0.5) is 5.82 Å². The lowest BCUT2D eigenvalue weighted by Gasteiger charge is -2.40. The Balaban J connectivity index is 1.69. The van der Waals surface area contributed by atoms with Gasteiger partial charge in [0.2, 0.25) is 0 Å². The molecule has 4 aliphatic rings. The minimum absolute atomic E-state index is 0.725. The number of nitrogens with zero attached hydrogens (tertiary/aromatic N) is 1. The first-order valence-corrected chi connectivity index (χ1v) is 8.52. The van der Waals surface area contributed by atoms with Crippen LogP contribution in [0.5, 0.6) is 0 Å². The highest BCUT2D eigenvalue weighted by Crippen LogP contribution is 2.47. The molecule has 2 bridgehead atoms. The zero-order valence-electron chi connectivity index (χ0n) is 12.5. The first-order chi connectivity index (χ1) is 10.4. The van der Waals surface area contributed by atoms with Crippen LogP contribution in [0.15, 0.2) is 18.2 Å². The van der Waals surface area contributed by atoms with Gasteiger partial charge in [0, 0.05) is 24.0 Å². The Morgan fingerprint density at radius 3 is 2.57 bits per heavy atom. The van der Waals surface area contributed by atoms with E-state index in [0.717, 1.165) is 24.9 Å². The number of benzene rings is 1. The Hall–Kier alpha value is -1.48. The average Bonchev–Trinajstić information content (AvgIpc) is 2.98. The summed E-state index contributed by atoms with van der Waals surface area (Å²) in [4.78, 5) is 6.39. The van der Waals surface area contributed by atoms with Gasteiger partial charge in [-0.25, -0.2) is 0 Å². The Morgan fingerprint density at radius 2 is 1.76 bits per heavy atom. The van der Waals surface area contributed by atoms with Gasteiger partial charge in [0.25, 0.3) is 0 Å². The van der Waals surface area contributed by atoms with Crippen LogP contribution in [0, 0.1) is 0 Å². The highest BCUT2D eigenvalue weighted by atomic mass is 15.2. The third-order valence-corrected chi connectivity index (χ3v) is 5.88. The van der Waals surface area contributed by atoms with Gasteiger partial charge >= 0.3 is 0 Å². The molecule has 110 valence electrons. The number of hydrogen-bond donors (Lipinski definition) is 2. The predicted molar refractivity (Wildman–Crippen MR) is 87.3 cm³/mol. The Bertz CT molecular complexity index is 673. The third kappa shape index (κ3) is 1.70. The molecule has 0 unspecified atom stereocenters. The second-order valence-corrected chi connectivity index (χ2v) is 6.94. The average molecular weight is 281 g/mol. The number of anilines is 1. The molecule has 2 saturated heterocycles. The fourth-order valence-electron chi connectivity index (χ4n) is 4.77. The molecule has 0 saturated carbocycles. The van der Waals surface area contributed by atoms with Crippen molar-refractivity contribution in [2.24, 2.45) is 0 Å². The van der Waals surface area contributed by atoms with Gasteiger partial charge in [0.1, 0.15) is 5.82 Å². The summed E-state index contributed by atoms with van der Waals surface area (Å²) in [6, 6.07) is 6.99. The monoisotopic (exact) mass is 281 g/mol. The van der Waals surface area contributed by atoms with E-state index >= 15 is 0 Å². The summed E-state index contributed by atoms with van der Waals surface area (Å²) in [6.07, 6.45) is 5.24. The molecule has 2 N–H and O–H groups in total. The zero-order chi connectivity index (χ0) is 13.8. The van der Waals surface area contributed by atoms with E-state index < -0.39 is 0 Å². The van der Waals surface area contributed by atoms with Crippen molar-refractivity contribution in [3.05, 3.63) is 29.3 Å². The number of aromatic nitrogens is 1. The molecule has 3 heteroatoms. The summed E-state index contributed by atoms with van der Waals surface area (Å²) >= 11 is 0. The molecule has 2 aromatic rings. The second kappa shape index (κ2) is 4.51. The van der Waals surface area contributed by atoms with Crippen molar-refractivity contribution in [3.8, 4) is 0 Å². The summed E-state index contributed by atoms with van der Waals surface area (Å²) in [5.74, 6) is 2.96. The highest BCUT2D eigenvalue weighted by molar-refractivity contribution is 5.93. The van der Waals surface area contributed by atoms with E-state index in [0.29, 0.717) is 0 Å². The molecule has 0 atom stereocenters. The van der Waals surface area contributed by atoms with Crippen molar-refractivity contribution >= 4 is 16.7 Å². The van der Waals surface area contributed by atoms with Crippen molar-refractivity contribution in [2.45, 2.75) is 37.5 Å². The topological polar surface area (TPSA) is 31.1 Å². The van der Waals surface area contributed by atoms with Crippen molar-refractivity contribution < 1.29 is 0 Å². The molecule has 1 aromatic carbocycles. The van der Waals surface area contributed by atoms with E-state index in [4.69, 9.17) is 0 Å². The van der Waals surface area contributed by atoms with Crippen LogP contribution in [-0.2, 0) is 0 Å². The molecular formula is C18H23N3. The first-order valence-electron chi connectivity index (χ1n) is 8.52. The molecule has 5 heterocycles. The summed E-state index contributed by atoms with van der Waals surface area (Å²) < 4.78 is 0. The van der Waals surface area contributed by atoms with Crippen LogP contribution in [0.2, 0.25) is 0 Å². The van der Waals surface area contributed by atoms with Gasteiger partial charge in [-0.15, -0.1) is 0 Å². The van der Waals surface area contributed by atoms with Crippen molar-refractivity contribution in [2.75, 3.05) is 31.1 Å². The summed E-state index contributed by atoms with van der Waals surface area (Å²) in [5.41, 5.74) is 4.62. The van der Waals surface area contributed by atoms with Gasteiger partial charge in [-0.05, 0) is 56.2 Å². The van der Waals surface area contributed by atoms with Crippen LogP contribution in [0.3, 0.4) is 0 Å². The van der Waals surface area contributed by atoms with Gasteiger partial charge in [-0.2, -0.15) is 0 Å². The first kappa shape index (κ1) is 12.1. The lowest BCUT2D eigenvalue weighted by atomic mass is 9.83. The molecule has 0 amide bonds. The molecule has 6 rings (SSSR count). The smallest absolute Gasteiger partial charge is 0.110 e. The minimum Gasteiger partial charge on any atom is -0.358 e. The molecule has 0 radical (unpaired) electrons. The van der Waals surface area contributed by atoms with E-state index in [9.17, 15) is 0 Å². The number of nitrogens with one attached hydrogen (secondary N) is 2. The maximum atomic E-state index is 3.82. The molecule has 3 nitrogen and oxygen atoms in total. The molecule has 4 aliphatic heterocycles. The lowest BCUT2D eigenvalue weighted by molar-refractivity contribution is 0.462. The van der Waals surface area contributed by atoms with E-state index in [1.165, 1.54) is 55.5 Å².